The molecule has 3 nitrogen and oxygen atoms in total. The van der Waals surface area contributed by atoms with Crippen molar-refractivity contribution in [2.45, 2.75) is 32.1 Å². The highest BCUT2D eigenvalue weighted by atomic mass is 127. The largest absolute Gasteiger partial charge is 0.359 e. The van der Waals surface area contributed by atoms with Crippen molar-refractivity contribution in [1.29, 1.82) is 0 Å². The second kappa shape index (κ2) is 7.52. The molecule has 0 aliphatic heterocycles. The minimum atomic E-state index is 0.0794. The molecular formula is C8H14INO2. The fraction of sp³-hybridized carbons (Fsp3) is 0.750. The molecule has 0 heterocycles. The van der Waals surface area contributed by atoms with E-state index in [1.807, 2.05) is 0 Å². The molecule has 12 heavy (non-hydrogen) atoms. The van der Waals surface area contributed by atoms with E-state index in [4.69, 9.17) is 0 Å². The Bertz CT molecular complexity index is 159. The van der Waals surface area contributed by atoms with Crippen LogP contribution in [0.5, 0.6) is 0 Å². The molecule has 0 unspecified atom stereocenters. The predicted octanol–water partition coefficient (Wildman–Crippen LogP) is 1.64. The van der Waals surface area contributed by atoms with Gasteiger partial charge in [-0.1, -0.05) is 6.42 Å². The molecule has 1 N–H and O–H groups in total. The van der Waals surface area contributed by atoms with Gasteiger partial charge in [0.05, 0.1) is 0 Å². The van der Waals surface area contributed by atoms with Crippen molar-refractivity contribution >= 4 is 32.3 Å². The van der Waals surface area contributed by atoms with Gasteiger partial charge in [-0.05, 0) is 35.4 Å². The van der Waals surface area contributed by atoms with Gasteiger partial charge in [0.25, 0.3) is 0 Å². The fourth-order valence-electron chi connectivity index (χ4n) is 0.851. The van der Waals surface area contributed by atoms with Crippen molar-refractivity contribution in [2.24, 2.45) is 0 Å². The van der Waals surface area contributed by atoms with Crippen LogP contribution in [0.15, 0.2) is 0 Å². The average molecular weight is 283 g/mol. The van der Waals surface area contributed by atoms with E-state index in [9.17, 15) is 9.59 Å². The molecule has 0 aromatic rings. The van der Waals surface area contributed by atoms with E-state index in [2.05, 4.69) is 5.32 Å². The summed E-state index contributed by atoms with van der Waals surface area (Å²) in [6, 6.07) is 0. The van der Waals surface area contributed by atoms with E-state index in [-0.39, 0.29) is 9.70 Å². The molecule has 0 rings (SSSR count). The number of hydrogen-bond acceptors (Lipinski definition) is 2. The van der Waals surface area contributed by atoms with Crippen LogP contribution in [0.25, 0.3) is 0 Å². The van der Waals surface area contributed by atoms with Crippen molar-refractivity contribution < 1.29 is 9.59 Å². The summed E-state index contributed by atoms with van der Waals surface area (Å²) in [7, 11) is 1.64. The predicted molar refractivity (Wildman–Crippen MR) is 56.2 cm³/mol. The quantitative estimate of drug-likeness (QED) is 0.457. The Labute approximate surface area is 86.4 Å². The molecular weight excluding hydrogens is 269 g/mol. The molecule has 0 saturated carbocycles. The number of halogens is 1. The zero-order valence-corrected chi connectivity index (χ0v) is 9.39. The Morgan fingerprint density at radius 2 is 1.75 bits per heavy atom. The third kappa shape index (κ3) is 7.97. The number of carbonyl (C=O) groups is 2. The summed E-state index contributed by atoms with van der Waals surface area (Å²) in [5.74, 6) is 0.0794. The molecule has 0 atom stereocenters. The maximum absolute atomic E-state index is 10.7. The number of hydrogen-bond donors (Lipinski definition) is 1. The Hall–Kier alpha value is -0.130. The maximum atomic E-state index is 10.7. The first-order chi connectivity index (χ1) is 5.66. The van der Waals surface area contributed by atoms with Gasteiger partial charge in [0.1, 0.15) is 0 Å². The maximum Gasteiger partial charge on any atom is 0.219 e. The van der Waals surface area contributed by atoms with Gasteiger partial charge in [0.2, 0.25) is 5.91 Å². The number of rotatable bonds is 6. The fourth-order valence-corrected chi connectivity index (χ4v) is 1.23. The molecule has 0 bridgehead atoms. The Morgan fingerprint density at radius 1 is 1.17 bits per heavy atom. The third-order valence-corrected chi connectivity index (χ3v) is 2.10. The summed E-state index contributed by atoms with van der Waals surface area (Å²) in [5.41, 5.74) is 0. The van der Waals surface area contributed by atoms with Crippen LogP contribution in [0.2, 0.25) is 0 Å². The lowest BCUT2D eigenvalue weighted by Gasteiger charge is -1.98. The van der Waals surface area contributed by atoms with E-state index in [0.717, 1.165) is 19.3 Å². The molecule has 70 valence electrons. The summed E-state index contributed by atoms with van der Waals surface area (Å²) in [4.78, 5) is 21.2. The molecule has 0 aromatic heterocycles. The first-order valence-corrected chi connectivity index (χ1v) is 5.13. The molecule has 0 aromatic carbocycles. The monoisotopic (exact) mass is 283 g/mol. The molecule has 0 saturated heterocycles. The van der Waals surface area contributed by atoms with Gasteiger partial charge in [-0.3, -0.25) is 9.59 Å². The number of amides is 1. The van der Waals surface area contributed by atoms with Crippen LogP contribution < -0.4 is 5.32 Å². The van der Waals surface area contributed by atoms with Crippen molar-refractivity contribution in [1.82, 2.24) is 5.32 Å². The minimum absolute atomic E-state index is 0.0794. The van der Waals surface area contributed by atoms with Crippen molar-refractivity contribution in [3.63, 3.8) is 0 Å². The Kier molecular flexibility index (Phi) is 7.43. The second-order valence-corrected chi connectivity index (χ2v) is 3.79. The minimum Gasteiger partial charge on any atom is -0.359 e. The highest BCUT2D eigenvalue weighted by Gasteiger charge is 1.98. The van der Waals surface area contributed by atoms with Crippen LogP contribution in [0.1, 0.15) is 32.1 Å². The molecule has 0 aliphatic rings. The van der Waals surface area contributed by atoms with Gasteiger partial charge in [-0.15, -0.1) is 0 Å². The van der Waals surface area contributed by atoms with Crippen LogP contribution >= 0.6 is 22.6 Å². The van der Waals surface area contributed by atoms with Gasteiger partial charge in [-0.2, -0.15) is 0 Å². The van der Waals surface area contributed by atoms with Crippen LogP contribution in [0, 0.1) is 0 Å². The number of carbonyl (C=O) groups excluding carboxylic acids is 2. The molecule has 0 radical (unpaired) electrons. The Morgan fingerprint density at radius 3 is 2.25 bits per heavy atom. The summed E-state index contributed by atoms with van der Waals surface area (Å²) in [5, 5.41) is 2.56. The molecule has 0 aliphatic carbocycles. The van der Waals surface area contributed by atoms with E-state index < -0.39 is 0 Å². The topological polar surface area (TPSA) is 46.2 Å². The first kappa shape index (κ1) is 11.9. The molecule has 4 heteroatoms. The second-order valence-electron chi connectivity index (χ2n) is 2.59. The van der Waals surface area contributed by atoms with E-state index in [0.29, 0.717) is 12.8 Å². The van der Waals surface area contributed by atoms with E-state index in [1.54, 1.807) is 29.6 Å². The summed E-state index contributed by atoms with van der Waals surface area (Å²) in [6.07, 6.45) is 3.95. The zero-order chi connectivity index (χ0) is 9.40. The van der Waals surface area contributed by atoms with E-state index >= 15 is 0 Å². The summed E-state index contributed by atoms with van der Waals surface area (Å²) in [6.45, 7) is 0. The van der Waals surface area contributed by atoms with Crippen molar-refractivity contribution in [2.75, 3.05) is 7.05 Å². The van der Waals surface area contributed by atoms with Crippen LogP contribution in [-0.4, -0.2) is 16.7 Å². The van der Waals surface area contributed by atoms with Gasteiger partial charge in [0, 0.05) is 19.9 Å². The third-order valence-electron chi connectivity index (χ3n) is 1.56. The van der Waals surface area contributed by atoms with Gasteiger partial charge >= 0.3 is 0 Å². The smallest absolute Gasteiger partial charge is 0.219 e. The van der Waals surface area contributed by atoms with Crippen molar-refractivity contribution in [3.05, 3.63) is 0 Å². The van der Waals surface area contributed by atoms with E-state index in [1.165, 1.54) is 0 Å². The molecule has 0 spiro atoms. The molecule has 1 amide bonds. The zero-order valence-electron chi connectivity index (χ0n) is 7.23. The number of nitrogens with one attached hydrogen (secondary N) is 1. The molecule has 0 fully saturated rings. The highest BCUT2D eigenvalue weighted by molar-refractivity contribution is 14.1. The highest BCUT2D eigenvalue weighted by Crippen LogP contribution is 2.05. The normalized spacial score (nSPS) is 9.50. The average Bonchev–Trinajstić information content (AvgIpc) is 2.03. The standard InChI is InChI=1S/C8H14INO2/c1-10-8(12)6-4-2-3-5-7(9)11/h2-6H2,1H3,(H,10,12). The lowest BCUT2D eigenvalue weighted by molar-refractivity contribution is -0.120. The SMILES string of the molecule is CNC(=O)CCCCCC(=O)I. The summed E-state index contributed by atoms with van der Waals surface area (Å²) < 4.78 is 0.201. The van der Waals surface area contributed by atoms with Crippen LogP contribution in [0.3, 0.4) is 0 Å². The summed E-state index contributed by atoms with van der Waals surface area (Å²) >= 11 is 1.80. The lowest BCUT2D eigenvalue weighted by atomic mass is 10.1. The van der Waals surface area contributed by atoms with Gasteiger partial charge < -0.3 is 5.32 Å². The lowest BCUT2D eigenvalue weighted by Crippen LogP contribution is -2.16. The van der Waals surface area contributed by atoms with Crippen molar-refractivity contribution in [3.8, 4) is 0 Å². The number of unbranched alkanes of at least 4 members (excludes halogenated alkanes) is 2. The van der Waals surface area contributed by atoms with Gasteiger partial charge in [-0.25, -0.2) is 0 Å². The van der Waals surface area contributed by atoms with Crippen LogP contribution in [0.4, 0.5) is 0 Å². The van der Waals surface area contributed by atoms with Gasteiger partial charge in [0.15, 0.2) is 3.79 Å². The first-order valence-electron chi connectivity index (χ1n) is 4.05. The Balaban J connectivity index is 3.11. The van der Waals surface area contributed by atoms with Crippen LogP contribution in [-0.2, 0) is 9.59 Å².